The fourth-order valence-corrected chi connectivity index (χ4v) is 7.67. The summed E-state index contributed by atoms with van der Waals surface area (Å²) in [4.78, 5) is 28.9. The summed E-state index contributed by atoms with van der Waals surface area (Å²) in [7, 11) is 1.75. The Kier molecular flexibility index (Phi) is 9.04. The predicted molar refractivity (Wildman–Crippen MR) is 139 cm³/mol. The minimum atomic E-state index is -3.66. The number of piperidine rings is 1. The van der Waals surface area contributed by atoms with E-state index in [0.717, 1.165) is 16.4 Å². The number of hydrogen-bond acceptors (Lipinski definition) is 7. The van der Waals surface area contributed by atoms with E-state index in [2.05, 4.69) is 0 Å². The van der Waals surface area contributed by atoms with Gasteiger partial charge in [-0.1, -0.05) is 47.5 Å². The first kappa shape index (κ1) is 27.3. The number of carbonyl (C=O) groups is 2. The van der Waals surface area contributed by atoms with Crippen molar-refractivity contribution in [3.8, 4) is 0 Å². The SMILES string of the molecule is COC(=O)C(c1ccccc1Cl)N1CCC(SS(=O)(=O)c2ccc(C)cc2)/C(=C\C(=O)N(C)C)C1. The van der Waals surface area contributed by atoms with Crippen molar-refractivity contribution in [2.24, 2.45) is 0 Å². The van der Waals surface area contributed by atoms with E-state index < -0.39 is 26.1 Å². The summed E-state index contributed by atoms with van der Waals surface area (Å²) in [5.74, 6) is -0.734. The van der Waals surface area contributed by atoms with Gasteiger partial charge in [0.2, 0.25) is 14.8 Å². The second-order valence-electron chi connectivity index (χ2n) is 8.51. The highest BCUT2D eigenvalue weighted by molar-refractivity contribution is 8.72. The molecule has 2 aromatic rings. The molecule has 0 spiro atoms. The molecular weight excluding hydrogens is 508 g/mol. The lowest BCUT2D eigenvalue weighted by Crippen LogP contribution is -2.43. The van der Waals surface area contributed by atoms with Crippen molar-refractivity contribution in [1.29, 1.82) is 0 Å². The molecule has 1 aliphatic heterocycles. The van der Waals surface area contributed by atoms with Crippen molar-refractivity contribution < 1.29 is 22.7 Å². The van der Waals surface area contributed by atoms with Crippen LogP contribution in [0.25, 0.3) is 0 Å². The number of ether oxygens (including phenoxy) is 1. The van der Waals surface area contributed by atoms with Gasteiger partial charge in [0.15, 0.2) is 0 Å². The van der Waals surface area contributed by atoms with Crippen LogP contribution in [0.2, 0.25) is 5.02 Å². The third kappa shape index (κ3) is 6.67. The van der Waals surface area contributed by atoms with Gasteiger partial charge in [-0.3, -0.25) is 9.69 Å². The number of esters is 1. The fraction of sp³-hybridized carbons (Fsp3) is 0.360. The average Bonchev–Trinajstić information content (AvgIpc) is 2.81. The summed E-state index contributed by atoms with van der Waals surface area (Å²) in [6.07, 6.45) is 1.88. The number of likely N-dealkylation sites (tertiary alicyclic amines) is 1. The molecule has 0 aromatic heterocycles. The Morgan fingerprint density at radius 3 is 2.43 bits per heavy atom. The maximum Gasteiger partial charge on any atom is 0.327 e. The lowest BCUT2D eigenvalue weighted by Gasteiger charge is -2.38. The van der Waals surface area contributed by atoms with Gasteiger partial charge in [-0.25, -0.2) is 13.2 Å². The van der Waals surface area contributed by atoms with Gasteiger partial charge in [-0.2, -0.15) is 0 Å². The summed E-state index contributed by atoms with van der Waals surface area (Å²) in [6, 6.07) is 12.9. The van der Waals surface area contributed by atoms with Gasteiger partial charge in [0.25, 0.3) is 0 Å². The van der Waals surface area contributed by atoms with Crippen LogP contribution in [0.3, 0.4) is 0 Å². The zero-order valence-corrected chi connectivity index (χ0v) is 22.5. The number of rotatable bonds is 7. The van der Waals surface area contributed by atoms with E-state index in [0.29, 0.717) is 29.1 Å². The van der Waals surface area contributed by atoms with E-state index >= 15 is 0 Å². The predicted octanol–water partition coefficient (Wildman–Crippen LogP) is 4.07. The van der Waals surface area contributed by atoms with Crippen LogP contribution in [0.4, 0.5) is 0 Å². The third-order valence-electron chi connectivity index (χ3n) is 5.77. The molecule has 1 amide bonds. The number of likely N-dealkylation sites (N-methyl/N-ethyl adjacent to an activating group) is 1. The van der Waals surface area contributed by atoms with Crippen molar-refractivity contribution in [3.63, 3.8) is 0 Å². The van der Waals surface area contributed by atoms with Crippen LogP contribution in [0, 0.1) is 6.92 Å². The molecule has 10 heteroatoms. The van der Waals surface area contributed by atoms with E-state index in [-0.39, 0.29) is 17.3 Å². The smallest absolute Gasteiger partial charge is 0.327 e. The first-order valence-corrected chi connectivity index (χ1v) is 14.3. The van der Waals surface area contributed by atoms with Crippen LogP contribution in [-0.4, -0.2) is 69.6 Å². The molecule has 188 valence electrons. The van der Waals surface area contributed by atoms with E-state index in [9.17, 15) is 18.0 Å². The van der Waals surface area contributed by atoms with E-state index in [1.807, 2.05) is 11.8 Å². The van der Waals surface area contributed by atoms with E-state index in [1.54, 1.807) is 62.6 Å². The highest BCUT2D eigenvalue weighted by atomic mass is 35.5. The molecule has 0 bridgehead atoms. The average molecular weight is 537 g/mol. The lowest BCUT2D eigenvalue weighted by molar-refractivity contribution is -0.147. The first-order valence-electron chi connectivity index (χ1n) is 11.0. The molecule has 35 heavy (non-hydrogen) atoms. The van der Waals surface area contributed by atoms with Crippen molar-refractivity contribution in [2.75, 3.05) is 34.3 Å². The number of carbonyl (C=O) groups excluding carboxylic acids is 2. The number of nitrogens with zero attached hydrogens (tertiary/aromatic N) is 2. The Morgan fingerprint density at radius 2 is 1.83 bits per heavy atom. The van der Waals surface area contributed by atoms with Crippen LogP contribution in [0.15, 0.2) is 65.1 Å². The molecule has 2 atom stereocenters. The Bertz CT molecular complexity index is 1210. The summed E-state index contributed by atoms with van der Waals surface area (Å²) in [6.45, 7) is 2.52. The van der Waals surface area contributed by atoms with Crippen molar-refractivity contribution in [3.05, 3.63) is 76.3 Å². The van der Waals surface area contributed by atoms with Crippen molar-refractivity contribution in [2.45, 2.75) is 29.5 Å². The van der Waals surface area contributed by atoms with Gasteiger partial charge in [0, 0.05) is 43.5 Å². The molecule has 7 nitrogen and oxygen atoms in total. The second kappa shape index (κ2) is 11.6. The van der Waals surface area contributed by atoms with E-state index in [4.69, 9.17) is 16.3 Å². The Labute approximate surface area is 215 Å². The van der Waals surface area contributed by atoms with Gasteiger partial charge >= 0.3 is 5.97 Å². The standard InChI is InChI=1S/C25H29ClN2O5S2/c1-17-9-11-19(12-10-17)35(31,32)34-22-13-14-28(16-18(22)15-23(29)27(2)3)24(25(30)33-4)20-7-5-6-8-21(20)26/h5-12,15,22,24H,13-14,16H2,1-4H3/b18-15-. The molecule has 3 rings (SSSR count). The Balaban J connectivity index is 1.95. The van der Waals surface area contributed by atoms with Gasteiger partial charge in [-0.15, -0.1) is 0 Å². The quantitative estimate of drug-likeness (QED) is 0.299. The molecule has 1 heterocycles. The Morgan fingerprint density at radius 1 is 1.17 bits per heavy atom. The molecule has 1 fully saturated rings. The van der Waals surface area contributed by atoms with Gasteiger partial charge in [-0.05, 0) is 53.5 Å². The molecule has 2 aromatic carbocycles. The minimum Gasteiger partial charge on any atom is -0.468 e. The maximum atomic E-state index is 13.1. The number of hydrogen-bond donors (Lipinski definition) is 0. The summed E-state index contributed by atoms with van der Waals surface area (Å²) in [5, 5.41) is -0.0257. The molecule has 0 aliphatic carbocycles. The molecule has 2 unspecified atom stereocenters. The van der Waals surface area contributed by atoms with Gasteiger partial charge in [0.1, 0.15) is 6.04 Å². The topological polar surface area (TPSA) is 84.0 Å². The van der Waals surface area contributed by atoms with Crippen LogP contribution < -0.4 is 0 Å². The summed E-state index contributed by atoms with van der Waals surface area (Å²) in [5.41, 5.74) is 2.18. The second-order valence-corrected chi connectivity index (χ2v) is 13.0. The van der Waals surface area contributed by atoms with Crippen LogP contribution in [-0.2, 0) is 23.2 Å². The number of halogens is 1. The van der Waals surface area contributed by atoms with Crippen LogP contribution in [0.5, 0.6) is 0 Å². The minimum absolute atomic E-state index is 0.214. The number of methoxy groups -OCH3 is 1. The number of aryl methyl sites for hydroxylation is 1. The summed E-state index contributed by atoms with van der Waals surface area (Å²) < 4.78 is 31.4. The van der Waals surface area contributed by atoms with E-state index in [1.165, 1.54) is 18.1 Å². The molecule has 1 saturated heterocycles. The monoisotopic (exact) mass is 536 g/mol. The number of benzene rings is 2. The first-order chi connectivity index (χ1) is 16.5. The van der Waals surface area contributed by atoms with Crippen LogP contribution >= 0.6 is 22.4 Å². The van der Waals surface area contributed by atoms with Crippen molar-refractivity contribution in [1.82, 2.24) is 9.80 Å². The zero-order chi connectivity index (χ0) is 25.8. The highest BCUT2D eigenvalue weighted by Gasteiger charge is 2.37. The zero-order valence-electron chi connectivity index (χ0n) is 20.1. The Hall–Kier alpha value is -2.33. The van der Waals surface area contributed by atoms with Gasteiger partial charge < -0.3 is 9.64 Å². The molecule has 0 saturated carbocycles. The molecular formula is C25H29ClN2O5S2. The van der Waals surface area contributed by atoms with Crippen molar-refractivity contribution >= 4 is 43.1 Å². The molecule has 1 aliphatic rings. The lowest BCUT2D eigenvalue weighted by atomic mass is 9.98. The number of amides is 1. The van der Waals surface area contributed by atoms with Crippen LogP contribution in [0.1, 0.15) is 23.6 Å². The van der Waals surface area contributed by atoms with Gasteiger partial charge in [0.05, 0.1) is 12.0 Å². The largest absolute Gasteiger partial charge is 0.468 e. The fourth-order valence-electron chi connectivity index (χ4n) is 3.84. The normalized spacial score (nSPS) is 18.8. The molecule has 0 N–H and O–H groups in total. The third-order valence-corrected chi connectivity index (χ3v) is 10.0. The summed E-state index contributed by atoms with van der Waals surface area (Å²) >= 11 is 6.40. The highest BCUT2D eigenvalue weighted by Crippen LogP contribution is 2.39. The maximum absolute atomic E-state index is 13.1. The molecule has 0 radical (unpaired) electrons.